The fourth-order valence-electron chi connectivity index (χ4n) is 2.22. The summed E-state index contributed by atoms with van der Waals surface area (Å²) in [6.45, 7) is 11.3. The molecule has 0 aromatic carbocycles. The lowest BCUT2D eigenvalue weighted by atomic mass is 9.77. The van der Waals surface area contributed by atoms with Gasteiger partial charge in [0.25, 0.3) is 0 Å². The molecule has 0 atom stereocenters. The van der Waals surface area contributed by atoms with Crippen LogP contribution in [0.15, 0.2) is 17.9 Å². The van der Waals surface area contributed by atoms with Crippen molar-refractivity contribution in [2.45, 2.75) is 45.8 Å². The number of aromatic nitrogens is 2. The standard InChI is InChI=1S/C16H26BN3O3/c1-7-21-14-19-9-12(10-20-14)8-13(11-18-6)17-22-15(2,3)16(4,5)23-17/h8-10,18H,7,11H2,1-6H3. The van der Waals surface area contributed by atoms with Crippen molar-refractivity contribution >= 4 is 13.2 Å². The van der Waals surface area contributed by atoms with Crippen LogP contribution < -0.4 is 10.1 Å². The van der Waals surface area contributed by atoms with Gasteiger partial charge in [-0.3, -0.25) is 0 Å². The van der Waals surface area contributed by atoms with Crippen LogP contribution in [0.1, 0.15) is 40.2 Å². The van der Waals surface area contributed by atoms with E-state index in [4.69, 9.17) is 14.0 Å². The Bertz CT molecular complexity index is 542. The van der Waals surface area contributed by atoms with E-state index in [1.165, 1.54) is 0 Å². The minimum absolute atomic E-state index is 0.361. The molecule has 1 aliphatic heterocycles. The van der Waals surface area contributed by atoms with Crippen molar-refractivity contribution in [3.05, 3.63) is 23.4 Å². The van der Waals surface area contributed by atoms with E-state index in [-0.39, 0.29) is 18.3 Å². The lowest BCUT2D eigenvalue weighted by molar-refractivity contribution is 0.00578. The fourth-order valence-corrected chi connectivity index (χ4v) is 2.22. The first kappa shape index (κ1) is 17.9. The van der Waals surface area contributed by atoms with Gasteiger partial charge in [-0.25, -0.2) is 9.97 Å². The highest BCUT2D eigenvalue weighted by molar-refractivity contribution is 6.55. The Morgan fingerprint density at radius 1 is 1.22 bits per heavy atom. The number of nitrogens with one attached hydrogen (secondary N) is 1. The Labute approximate surface area is 138 Å². The molecule has 0 unspecified atom stereocenters. The van der Waals surface area contributed by atoms with Crippen LogP contribution in [0.3, 0.4) is 0 Å². The molecule has 2 rings (SSSR count). The first-order valence-electron chi connectivity index (χ1n) is 7.94. The van der Waals surface area contributed by atoms with Gasteiger partial charge >= 0.3 is 13.1 Å². The third-order valence-corrected chi connectivity index (χ3v) is 4.21. The van der Waals surface area contributed by atoms with E-state index in [1.807, 2.05) is 47.7 Å². The Balaban J connectivity index is 2.21. The average Bonchev–Trinajstić information content (AvgIpc) is 2.69. The smallest absolute Gasteiger partial charge is 0.464 e. The molecule has 126 valence electrons. The minimum Gasteiger partial charge on any atom is -0.464 e. The summed E-state index contributed by atoms with van der Waals surface area (Å²) in [5.41, 5.74) is 1.16. The van der Waals surface area contributed by atoms with E-state index in [1.54, 1.807) is 12.4 Å². The van der Waals surface area contributed by atoms with Crippen LogP contribution in [0, 0.1) is 0 Å². The Morgan fingerprint density at radius 3 is 2.26 bits per heavy atom. The van der Waals surface area contributed by atoms with Gasteiger partial charge in [-0.1, -0.05) is 6.08 Å². The van der Waals surface area contributed by atoms with Crippen LogP contribution in [0.2, 0.25) is 0 Å². The molecule has 1 N–H and O–H groups in total. The lowest BCUT2D eigenvalue weighted by Gasteiger charge is -2.32. The Morgan fingerprint density at radius 2 is 1.78 bits per heavy atom. The largest absolute Gasteiger partial charge is 0.491 e. The summed E-state index contributed by atoms with van der Waals surface area (Å²) >= 11 is 0. The number of rotatable bonds is 6. The molecule has 6 nitrogen and oxygen atoms in total. The van der Waals surface area contributed by atoms with Crippen LogP contribution in [-0.2, 0) is 9.31 Å². The highest BCUT2D eigenvalue weighted by Crippen LogP contribution is 2.38. The van der Waals surface area contributed by atoms with E-state index in [0.717, 1.165) is 11.0 Å². The van der Waals surface area contributed by atoms with Gasteiger partial charge in [0.05, 0.1) is 17.8 Å². The molecule has 1 saturated heterocycles. The molecule has 0 bridgehead atoms. The van der Waals surface area contributed by atoms with Gasteiger partial charge in [0.15, 0.2) is 0 Å². The first-order valence-corrected chi connectivity index (χ1v) is 7.94. The maximum Gasteiger partial charge on any atom is 0.491 e. The van der Waals surface area contributed by atoms with Crippen molar-refractivity contribution in [3.63, 3.8) is 0 Å². The monoisotopic (exact) mass is 319 g/mol. The lowest BCUT2D eigenvalue weighted by Crippen LogP contribution is -2.41. The molecule has 1 aliphatic rings. The van der Waals surface area contributed by atoms with Gasteiger partial charge in [0.1, 0.15) is 0 Å². The van der Waals surface area contributed by atoms with Crippen molar-refractivity contribution in [2.75, 3.05) is 20.2 Å². The Kier molecular flexibility index (Phi) is 5.44. The molecule has 23 heavy (non-hydrogen) atoms. The van der Waals surface area contributed by atoms with Crippen LogP contribution in [0.4, 0.5) is 0 Å². The normalized spacial score (nSPS) is 19.9. The van der Waals surface area contributed by atoms with E-state index in [2.05, 4.69) is 15.3 Å². The fraction of sp³-hybridized carbons (Fsp3) is 0.625. The SMILES string of the molecule is CCOc1ncc(C=C(CNC)B2OC(C)(C)C(C)(C)O2)cn1. The maximum absolute atomic E-state index is 6.12. The summed E-state index contributed by atoms with van der Waals surface area (Å²) in [5, 5.41) is 3.16. The predicted molar refractivity (Wildman–Crippen MR) is 91.2 cm³/mol. The van der Waals surface area contributed by atoms with E-state index >= 15 is 0 Å². The number of hydrogen-bond acceptors (Lipinski definition) is 6. The van der Waals surface area contributed by atoms with Crippen LogP contribution in [0.25, 0.3) is 6.08 Å². The minimum atomic E-state index is -0.390. The van der Waals surface area contributed by atoms with Crippen LogP contribution >= 0.6 is 0 Å². The summed E-state index contributed by atoms with van der Waals surface area (Å²) < 4.78 is 17.5. The summed E-state index contributed by atoms with van der Waals surface area (Å²) in [6.07, 6.45) is 5.46. The quantitative estimate of drug-likeness (QED) is 0.810. The second-order valence-corrected chi connectivity index (χ2v) is 6.57. The molecule has 0 aliphatic carbocycles. The highest BCUT2D eigenvalue weighted by atomic mass is 16.7. The summed E-state index contributed by atoms with van der Waals surface area (Å²) in [5.74, 6) is 0. The molecule has 1 fully saturated rings. The molecule has 1 aromatic heterocycles. The van der Waals surface area contributed by atoms with E-state index in [9.17, 15) is 0 Å². The van der Waals surface area contributed by atoms with E-state index < -0.39 is 0 Å². The third-order valence-electron chi connectivity index (χ3n) is 4.21. The highest BCUT2D eigenvalue weighted by Gasteiger charge is 2.52. The second-order valence-electron chi connectivity index (χ2n) is 6.57. The number of likely N-dealkylation sites (N-methyl/N-ethyl adjacent to an activating group) is 1. The molecule has 2 heterocycles. The molecule has 0 spiro atoms. The maximum atomic E-state index is 6.12. The molecule has 0 radical (unpaired) electrons. The van der Waals surface area contributed by atoms with Crippen molar-refractivity contribution in [3.8, 4) is 6.01 Å². The predicted octanol–water partition coefficient (Wildman–Crippen LogP) is 2.11. The summed E-state index contributed by atoms with van der Waals surface area (Å²) in [7, 11) is 1.51. The van der Waals surface area contributed by atoms with Crippen LogP contribution in [0.5, 0.6) is 6.01 Å². The number of ether oxygens (including phenoxy) is 1. The van der Waals surface area contributed by atoms with Gasteiger partial charge in [-0.2, -0.15) is 0 Å². The number of hydrogen-bond donors (Lipinski definition) is 1. The molecule has 1 aromatic rings. The molecular weight excluding hydrogens is 293 g/mol. The van der Waals surface area contributed by atoms with Crippen molar-refractivity contribution < 1.29 is 14.0 Å². The van der Waals surface area contributed by atoms with Gasteiger partial charge in [0, 0.05) is 24.5 Å². The summed E-state index contributed by atoms with van der Waals surface area (Å²) in [4.78, 5) is 8.37. The molecule has 7 heteroatoms. The van der Waals surface area contributed by atoms with Gasteiger partial charge < -0.3 is 19.4 Å². The first-order chi connectivity index (χ1) is 10.8. The zero-order valence-corrected chi connectivity index (χ0v) is 14.8. The zero-order chi connectivity index (χ0) is 17.1. The van der Waals surface area contributed by atoms with Crippen molar-refractivity contribution in [1.29, 1.82) is 0 Å². The molecule has 0 saturated carbocycles. The number of nitrogens with zero attached hydrogens (tertiary/aromatic N) is 2. The van der Waals surface area contributed by atoms with Crippen LogP contribution in [-0.4, -0.2) is 48.5 Å². The van der Waals surface area contributed by atoms with E-state index in [0.29, 0.717) is 19.2 Å². The second kappa shape index (κ2) is 6.99. The van der Waals surface area contributed by atoms with Crippen molar-refractivity contribution in [2.24, 2.45) is 0 Å². The molecular formula is C16H26BN3O3. The summed E-state index contributed by atoms with van der Waals surface area (Å²) in [6, 6.07) is 0.385. The van der Waals surface area contributed by atoms with Crippen molar-refractivity contribution in [1.82, 2.24) is 15.3 Å². The van der Waals surface area contributed by atoms with Gasteiger partial charge in [-0.05, 0) is 47.1 Å². The van der Waals surface area contributed by atoms with Gasteiger partial charge in [-0.15, -0.1) is 0 Å². The molecule has 0 amide bonds. The zero-order valence-electron chi connectivity index (χ0n) is 14.8. The average molecular weight is 319 g/mol. The Hall–Kier alpha value is -1.44. The topological polar surface area (TPSA) is 65.5 Å². The van der Waals surface area contributed by atoms with Gasteiger partial charge in [0.2, 0.25) is 0 Å². The third kappa shape index (κ3) is 4.10.